The van der Waals surface area contributed by atoms with E-state index < -0.39 is 5.60 Å². The third-order valence-corrected chi connectivity index (χ3v) is 4.00. The number of fused-ring (bicyclic) bond motifs is 3. The molecule has 0 fully saturated rings. The van der Waals surface area contributed by atoms with Gasteiger partial charge in [0, 0.05) is 28.7 Å². The standard InChI is InChI=1S/C16H14N2O2/c1-9-4-5-10-11-7-17-8-12-14(11)18(13(10)6-9)15(19)20-16(12,2)3/h4-8H,1-3H3. The maximum Gasteiger partial charge on any atom is 0.419 e. The Labute approximate surface area is 116 Å². The summed E-state index contributed by atoms with van der Waals surface area (Å²) in [7, 11) is 0. The first-order chi connectivity index (χ1) is 9.49. The molecule has 1 aliphatic rings. The Morgan fingerprint density at radius 1 is 1.20 bits per heavy atom. The van der Waals surface area contributed by atoms with Crippen LogP contribution in [0.15, 0.2) is 30.6 Å². The molecule has 0 aliphatic carbocycles. The summed E-state index contributed by atoms with van der Waals surface area (Å²) in [4.78, 5) is 16.7. The molecule has 4 heteroatoms. The summed E-state index contributed by atoms with van der Waals surface area (Å²) < 4.78 is 7.25. The average molecular weight is 266 g/mol. The Bertz CT molecular complexity index is 890. The second kappa shape index (κ2) is 3.39. The van der Waals surface area contributed by atoms with E-state index in [1.54, 1.807) is 10.8 Å². The minimum absolute atomic E-state index is 0.320. The van der Waals surface area contributed by atoms with Crippen LogP contribution in [-0.2, 0) is 10.3 Å². The molecule has 0 bridgehead atoms. The summed E-state index contributed by atoms with van der Waals surface area (Å²) in [6.45, 7) is 5.81. The number of cyclic esters (lactones) is 1. The first-order valence-electron chi connectivity index (χ1n) is 6.61. The molecule has 3 aromatic rings. The highest BCUT2D eigenvalue weighted by Crippen LogP contribution is 2.40. The van der Waals surface area contributed by atoms with E-state index in [9.17, 15) is 4.79 Å². The first-order valence-corrected chi connectivity index (χ1v) is 6.61. The molecule has 2 aromatic heterocycles. The molecule has 1 aliphatic heterocycles. The van der Waals surface area contributed by atoms with Crippen LogP contribution >= 0.6 is 0 Å². The van der Waals surface area contributed by atoms with Crippen molar-refractivity contribution in [1.29, 1.82) is 0 Å². The maximum atomic E-state index is 12.4. The Hall–Kier alpha value is -2.36. The second-order valence-electron chi connectivity index (χ2n) is 5.82. The summed E-state index contributed by atoms with van der Waals surface area (Å²) >= 11 is 0. The number of rotatable bonds is 0. The van der Waals surface area contributed by atoms with Gasteiger partial charge in [-0.25, -0.2) is 9.36 Å². The van der Waals surface area contributed by atoms with E-state index in [1.165, 1.54) is 0 Å². The monoisotopic (exact) mass is 266 g/mol. The number of aryl methyl sites for hydroxylation is 1. The van der Waals surface area contributed by atoms with Crippen LogP contribution < -0.4 is 0 Å². The molecule has 0 amide bonds. The van der Waals surface area contributed by atoms with E-state index in [4.69, 9.17) is 4.74 Å². The van der Waals surface area contributed by atoms with E-state index >= 15 is 0 Å². The quantitative estimate of drug-likeness (QED) is 0.622. The van der Waals surface area contributed by atoms with Crippen LogP contribution in [0.4, 0.5) is 4.79 Å². The highest BCUT2D eigenvalue weighted by Gasteiger charge is 2.36. The number of hydrogen-bond acceptors (Lipinski definition) is 3. The predicted octanol–water partition coefficient (Wildman–Crippen LogP) is 3.73. The van der Waals surface area contributed by atoms with Crippen LogP contribution in [-0.4, -0.2) is 15.6 Å². The molecule has 0 atom stereocenters. The Kier molecular flexibility index (Phi) is 1.94. The Morgan fingerprint density at radius 2 is 2.00 bits per heavy atom. The number of hydrogen-bond donors (Lipinski definition) is 0. The lowest BCUT2D eigenvalue weighted by molar-refractivity contribution is 0.0336. The first kappa shape index (κ1) is 11.5. The Morgan fingerprint density at radius 3 is 2.80 bits per heavy atom. The van der Waals surface area contributed by atoms with Gasteiger partial charge in [-0.3, -0.25) is 4.98 Å². The van der Waals surface area contributed by atoms with Crippen LogP contribution in [0.25, 0.3) is 21.8 Å². The van der Waals surface area contributed by atoms with Gasteiger partial charge in [-0.05, 0) is 32.4 Å². The van der Waals surface area contributed by atoms with Gasteiger partial charge in [0.1, 0.15) is 5.60 Å². The van der Waals surface area contributed by atoms with Gasteiger partial charge in [-0.2, -0.15) is 0 Å². The van der Waals surface area contributed by atoms with E-state index in [1.807, 2.05) is 45.2 Å². The molecule has 1 aromatic carbocycles. The highest BCUT2D eigenvalue weighted by atomic mass is 16.6. The van der Waals surface area contributed by atoms with E-state index in [0.29, 0.717) is 0 Å². The largest absolute Gasteiger partial charge is 0.438 e. The van der Waals surface area contributed by atoms with Crippen molar-refractivity contribution in [2.24, 2.45) is 0 Å². The fourth-order valence-electron chi connectivity index (χ4n) is 3.02. The van der Waals surface area contributed by atoms with E-state index in [2.05, 4.69) is 4.98 Å². The number of carbonyl (C=O) groups excluding carboxylic acids is 1. The lowest BCUT2D eigenvalue weighted by Gasteiger charge is -2.30. The molecule has 0 spiro atoms. The van der Waals surface area contributed by atoms with Gasteiger partial charge in [0.05, 0.1) is 11.0 Å². The zero-order valence-corrected chi connectivity index (χ0v) is 11.6. The van der Waals surface area contributed by atoms with Crippen molar-refractivity contribution in [2.75, 3.05) is 0 Å². The fourth-order valence-corrected chi connectivity index (χ4v) is 3.02. The summed E-state index contributed by atoms with van der Waals surface area (Å²) in [5.41, 5.74) is 3.21. The predicted molar refractivity (Wildman–Crippen MR) is 76.9 cm³/mol. The lowest BCUT2D eigenvalue weighted by atomic mass is 9.97. The zero-order chi connectivity index (χ0) is 14.1. The van der Waals surface area contributed by atoms with Gasteiger partial charge in [0.25, 0.3) is 0 Å². The lowest BCUT2D eigenvalue weighted by Crippen LogP contribution is -2.33. The highest BCUT2D eigenvalue weighted by molar-refractivity contribution is 6.14. The number of pyridine rings is 1. The third-order valence-electron chi connectivity index (χ3n) is 4.00. The van der Waals surface area contributed by atoms with Crippen molar-refractivity contribution >= 4 is 27.9 Å². The van der Waals surface area contributed by atoms with Crippen LogP contribution in [0, 0.1) is 6.92 Å². The maximum absolute atomic E-state index is 12.4. The smallest absolute Gasteiger partial charge is 0.419 e. The number of nitrogens with zero attached hydrogens (tertiary/aromatic N) is 2. The molecular weight excluding hydrogens is 252 g/mol. The number of benzene rings is 1. The molecular formula is C16H14N2O2. The molecule has 0 saturated heterocycles. The summed E-state index contributed by atoms with van der Waals surface area (Å²) in [5.74, 6) is 0. The van der Waals surface area contributed by atoms with Gasteiger partial charge in [0.2, 0.25) is 0 Å². The van der Waals surface area contributed by atoms with Crippen molar-refractivity contribution in [3.8, 4) is 0 Å². The SMILES string of the molecule is Cc1ccc2c3cncc4c3n(c2c1)C(=O)OC4(C)C. The van der Waals surface area contributed by atoms with Crippen LogP contribution in [0.2, 0.25) is 0 Å². The summed E-state index contributed by atoms with van der Waals surface area (Å²) in [6, 6.07) is 6.10. The van der Waals surface area contributed by atoms with Crippen molar-refractivity contribution in [3.63, 3.8) is 0 Å². The number of ether oxygens (including phenoxy) is 1. The summed E-state index contributed by atoms with van der Waals surface area (Å²) in [6.07, 6.45) is 3.29. The summed E-state index contributed by atoms with van der Waals surface area (Å²) in [5, 5.41) is 2.04. The molecule has 0 unspecified atom stereocenters. The second-order valence-corrected chi connectivity index (χ2v) is 5.82. The average Bonchev–Trinajstić information content (AvgIpc) is 2.70. The van der Waals surface area contributed by atoms with Crippen molar-refractivity contribution in [2.45, 2.75) is 26.4 Å². The van der Waals surface area contributed by atoms with Crippen LogP contribution in [0.1, 0.15) is 25.0 Å². The molecule has 4 rings (SSSR count). The zero-order valence-electron chi connectivity index (χ0n) is 11.6. The van der Waals surface area contributed by atoms with Crippen LogP contribution in [0.3, 0.4) is 0 Å². The van der Waals surface area contributed by atoms with Gasteiger partial charge in [0.15, 0.2) is 0 Å². The number of carbonyl (C=O) groups is 1. The van der Waals surface area contributed by atoms with Gasteiger partial charge in [-0.1, -0.05) is 12.1 Å². The van der Waals surface area contributed by atoms with Gasteiger partial charge < -0.3 is 4.74 Å². The molecule has 0 radical (unpaired) electrons. The molecule has 4 nitrogen and oxygen atoms in total. The molecule has 0 N–H and O–H groups in total. The van der Waals surface area contributed by atoms with Gasteiger partial charge >= 0.3 is 6.09 Å². The topological polar surface area (TPSA) is 44.1 Å². The van der Waals surface area contributed by atoms with Crippen molar-refractivity contribution in [3.05, 3.63) is 41.7 Å². The van der Waals surface area contributed by atoms with E-state index in [-0.39, 0.29) is 6.09 Å². The normalized spacial score (nSPS) is 16.6. The fraction of sp³-hybridized carbons (Fsp3) is 0.250. The number of aromatic nitrogens is 2. The Balaban J connectivity index is 2.32. The molecule has 100 valence electrons. The van der Waals surface area contributed by atoms with Crippen LogP contribution in [0.5, 0.6) is 0 Å². The minimum Gasteiger partial charge on any atom is -0.438 e. The molecule has 20 heavy (non-hydrogen) atoms. The van der Waals surface area contributed by atoms with Crippen molar-refractivity contribution < 1.29 is 9.53 Å². The molecule has 3 heterocycles. The molecule has 0 saturated carbocycles. The van der Waals surface area contributed by atoms with E-state index in [0.717, 1.165) is 32.9 Å². The third kappa shape index (κ3) is 1.26. The van der Waals surface area contributed by atoms with Gasteiger partial charge in [-0.15, -0.1) is 0 Å². The minimum atomic E-state index is -0.650. The van der Waals surface area contributed by atoms with Crippen molar-refractivity contribution in [1.82, 2.24) is 9.55 Å².